The summed E-state index contributed by atoms with van der Waals surface area (Å²) in [6.07, 6.45) is 2.69. The van der Waals surface area contributed by atoms with Crippen LogP contribution in [0.25, 0.3) is 0 Å². The number of nitrogens with one attached hydrogen (secondary N) is 2. The summed E-state index contributed by atoms with van der Waals surface area (Å²) in [6.45, 7) is 5.74. The Balaban J connectivity index is 1.80. The summed E-state index contributed by atoms with van der Waals surface area (Å²) in [5.41, 5.74) is 1.32. The summed E-state index contributed by atoms with van der Waals surface area (Å²) in [5.74, 6) is 1.11. The molecule has 0 aliphatic carbocycles. The van der Waals surface area contributed by atoms with Gasteiger partial charge in [-0.25, -0.2) is 0 Å². The largest absolute Gasteiger partial charge is 0.490 e. The summed E-state index contributed by atoms with van der Waals surface area (Å²) in [5, 5.41) is 9.35. The van der Waals surface area contributed by atoms with E-state index in [0.29, 0.717) is 55.4 Å². The van der Waals surface area contributed by atoms with Crippen LogP contribution in [0.5, 0.6) is 11.5 Å². The molecule has 0 radical (unpaired) electrons. The molecule has 28 heavy (non-hydrogen) atoms. The lowest BCUT2D eigenvalue weighted by molar-refractivity contribution is -0.116. The molecule has 1 aromatic heterocycles. The summed E-state index contributed by atoms with van der Waals surface area (Å²) in [6, 6.07) is 7.19. The van der Waals surface area contributed by atoms with E-state index in [1.54, 1.807) is 23.6 Å². The number of hydrogen-bond acceptors (Lipinski definition) is 5. The van der Waals surface area contributed by atoms with E-state index in [9.17, 15) is 9.59 Å². The van der Waals surface area contributed by atoms with Gasteiger partial charge in [-0.15, -0.1) is 0 Å². The van der Waals surface area contributed by atoms with E-state index in [0.717, 1.165) is 12.8 Å². The molecule has 1 aromatic carbocycles. The summed E-state index contributed by atoms with van der Waals surface area (Å²) in [4.78, 5) is 24.0. The van der Waals surface area contributed by atoms with Crippen LogP contribution in [-0.4, -0.2) is 31.6 Å². The molecular weight excluding hydrogens is 376 g/mol. The van der Waals surface area contributed by atoms with Crippen molar-refractivity contribution in [1.29, 1.82) is 0 Å². The molecule has 2 amide bonds. The third-order valence-electron chi connectivity index (χ3n) is 3.80. The molecule has 152 valence electrons. The van der Waals surface area contributed by atoms with Gasteiger partial charge >= 0.3 is 0 Å². The van der Waals surface area contributed by atoms with Crippen molar-refractivity contribution in [3.63, 3.8) is 0 Å². The topological polar surface area (TPSA) is 76.7 Å². The lowest BCUT2D eigenvalue weighted by atomic mass is 10.2. The maximum Gasteiger partial charge on any atom is 0.252 e. The predicted octanol–water partition coefficient (Wildman–Crippen LogP) is 4.47. The van der Waals surface area contributed by atoms with Crippen LogP contribution in [-0.2, 0) is 4.79 Å². The third kappa shape index (κ3) is 7.23. The fourth-order valence-electron chi connectivity index (χ4n) is 2.41. The molecule has 6 nitrogen and oxygen atoms in total. The second-order valence-electron chi connectivity index (χ2n) is 6.28. The highest BCUT2D eigenvalue weighted by atomic mass is 32.1. The minimum atomic E-state index is -0.109. The lowest BCUT2D eigenvalue weighted by Crippen LogP contribution is -2.25. The van der Waals surface area contributed by atoms with Crippen molar-refractivity contribution >= 4 is 28.8 Å². The molecule has 0 bridgehead atoms. The molecule has 2 aromatic rings. The van der Waals surface area contributed by atoms with Crippen molar-refractivity contribution in [1.82, 2.24) is 5.32 Å². The van der Waals surface area contributed by atoms with E-state index in [4.69, 9.17) is 9.47 Å². The van der Waals surface area contributed by atoms with Crippen LogP contribution in [0.4, 0.5) is 5.69 Å². The molecule has 0 fully saturated rings. The highest BCUT2D eigenvalue weighted by Gasteiger charge is 2.10. The Bertz CT molecular complexity index is 747. The SMILES string of the molecule is CCCOc1ccc(NC(=O)CCCNC(=O)c2ccsc2)cc1OCCC. The van der Waals surface area contributed by atoms with Crippen LogP contribution in [0.2, 0.25) is 0 Å². The molecule has 0 aliphatic rings. The Hall–Kier alpha value is -2.54. The van der Waals surface area contributed by atoms with Gasteiger partial charge in [-0.1, -0.05) is 13.8 Å². The van der Waals surface area contributed by atoms with Gasteiger partial charge in [-0.3, -0.25) is 9.59 Å². The zero-order chi connectivity index (χ0) is 20.2. The van der Waals surface area contributed by atoms with Gasteiger partial charge in [0.2, 0.25) is 5.91 Å². The first-order valence-corrected chi connectivity index (χ1v) is 10.6. The van der Waals surface area contributed by atoms with Crippen LogP contribution in [0.1, 0.15) is 49.9 Å². The van der Waals surface area contributed by atoms with E-state index in [1.807, 2.05) is 25.3 Å². The molecule has 0 atom stereocenters. The van der Waals surface area contributed by atoms with Crippen molar-refractivity contribution in [3.05, 3.63) is 40.6 Å². The highest BCUT2D eigenvalue weighted by molar-refractivity contribution is 7.08. The first-order valence-electron chi connectivity index (χ1n) is 9.64. The Labute approximate surface area is 170 Å². The molecular formula is C21H28N2O4S. The number of benzene rings is 1. The van der Waals surface area contributed by atoms with Gasteiger partial charge in [0.15, 0.2) is 11.5 Å². The molecule has 2 rings (SSSR count). The number of amides is 2. The molecule has 0 saturated heterocycles. The number of carbonyl (C=O) groups is 2. The van der Waals surface area contributed by atoms with Crippen molar-refractivity contribution in [3.8, 4) is 11.5 Å². The van der Waals surface area contributed by atoms with Crippen molar-refractivity contribution < 1.29 is 19.1 Å². The van der Waals surface area contributed by atoms with Crippen LogP contribution < -0.4 is 20.1 Å². The Kier molecular flexibility index (Phi) is 9.34. The molecule has 0 spiro atoms. The van der Waals surface area contributed by atoms with Gasteiger partial charge in [0, 0.05) is 35.7 Å². The van der Waals surface area contributed by atoms with Gasteiger partial charge < -0.3 is 20.1 Å². The van der Waals surface area contributed by atoms with E-state index in [1.165, 1.54) is 11.3 Å². The third-order valence-corrected chi connectivity index (χ3v) is 4.48. The first kappa shape index (κ1) is 21.8. The zero-order valence-corrected chi connectivity index (χ0v) is 17.3. The van der Waals surface area contributed by atoms with Gasteiger partial charge in [0.05, 0.1) is 13.2 Å². The summed E-state index contributed by atoms with van der Waals surface area (Å²) >= 11 is 1.48. The number of hydrogen-bond donors (Lipinski definition) is 2. The van der Waals surface area contributed by atoms with E-state index in [2.05, 4.69) is 10.6 Å². The normalized spacial score (nSPS) is 10.4. The standard InChI is InChI=1S/C21H28N2O4S/c1-3-11-26-18-8-7-17(14-19(18)27-12-4-2)23-20(24)6-5-10-22-21(25)16-9-13-28-15-16/h7-9,13-15H,3-6,10-12H2,1-2H3,(H,22,25)(H,23,24). The Morgan fingerprint density at radius 3 is 2.46 bits per heavy atom. The average Bonchev–Trinajstić information content (AvgIpc) is 3.23. The van der Waals surface area contributed by atoms with Gasteiger partial charge in [-0.05, 0) is 42.8 Å². The van der Waals surface area contributed by atoms with E-state index >= 15 is 0 Å². The second kappa shape index (κ2) is 12.0. The Morgan fingerprint density at radius 1 is 1.04 bits per heavy atom. The predicted molar refractivity (Wildman–Crippen MR) is 113 cm³/mol. The van der Waals surface area contributed by atoms with Crippen molar-refractivity contribution in [2.24, 2.45) is 0 Å². The average molecular weight is 405 g/mol. The van der Waals surface area contributed by atoms with E-state index < -0.39 is 0 Å². The Morgan fingerprint density at radius 2 is 1.79 bits per heavy atom. The zero-order valence-electron chi connectivity index (χ0n) is 16.5. The fraction of sp³-hybridized carbons (Fsp3) is 0.429. The van der Waals surface area contributed by atoms with Gasteiger partial charge in [-0.2, -0.15) is 11.3 Å². The molecule has 0 aliphatic heterocycles. The number of carbonyl (C=O) groups excluding carboxylic acids is 2. The number of ether oxygens (including phenoxy) is 2. The quantitative estimate of drug-likeness (QED) is 0.512. The van der Waals surface area contributed by atoms with Gasteiger partial charge in [0.1, 0.15) is 0 Å². The fourth-order valence-corrected chi connectivity index (χ4v) is 3.05. The number of anilines is 1. The lowest BCUT2D eigenvalue weighted by Gasteiger charge is -2.14. The minimum absolute atomic E-state index is 0.103. The van der Waals surface area contributed by atoms with Crippen LogP contribution >= 0.6 is 11.3 Å². The number of thiophene rings is 1. The van der Waals surface area contributed by atoms with Crippen LogP contribution in [0.15, 0.2) is 35.0 Å². The van der Waals surface area contributed by atoms with Crippen molar-refractivity contribution in [2.45, 2.75) is 39.5 Å². The smallest absolute Gasteiger partial charge is 0.252 e. The van der Waals surface area contributed by atoms with Gasteiger partial charge in [0.25, 0.3) is 5.91 Å². The van der Waals surface area contributed by atoms with Crippen LogP contribution in [0, 0.1) is 0 Å². The molecule has 7 heteroatoms. The summed E-state index contributed by atoms with van der Waals surface area (Å²) < 4.78 is 11.4. The maximum atomic E-state index is 12.2. The number of rotatable bonds is 12. The molecule has 0 saturated carbocycles. The van der Waals surface area contributed by atoms with Crippen molar-refractivity contribution in [2.75, 3.05) is 25.1 Å². The van der Waals surface area contributed by atoms with Crippen LogP contribution in [0.3, 0.4) is 0 Å². The summed E-state index contributed by atoms with van der Waals surface area (Å²) in [7, 11) is 0. The molecule has 2 N–H and O–H groups in total. The molecule has 1 heterocycles. The molecule has 0 unspecified atom stereocenters. The first-order chi connectivity index (χ1) is 13.6. The van der Waals surface area contributed by atoms with E-state index in [-0.39, 0.29) is 11.8 Å². The maximum absolute atomic E-state index is 12.2. The highest BCUT2D eigenvalue weighted by Crippen LogP contribution is 2.31. The minimum Gasteiger partial charge on any atom is -0.490 e. The second-order valence-corrected chi connectivity index (χ2v) is 7.06. The monoisotopic (exact) mass is 404 g/mol.